The van der Waals surface area contributed by atoms with Gasteiger partial charge in [-0.1, -0.05) is 12.1 Å². The van der Waals surface area contributed by atoms with Gasteiger partial charge in [0.1, 0.15) is 5.82 Å². The van der Waals surface area contributed by atoms with Crippen LogP contribution in [0.5, 0.6) is 0 Å². The van der Waals surface area contributed by atoms with E-state index in [9.17, 15) is 0 Å². The number of benzene rings is 1. The second-order valence-electron chi connectivity index (χ2n) is 3.95. The summed E-state index contributed by atoms with van der Waals surface area (Å²) in [6.07, 6.45) is 0. The van der Waals surface area contributed by atoms with Crippen LogP contribution in [0.2, 0.25) is 5.28 Å². The van der Waals surface area contributed by atoms with Gasteiger partial charge in [0.15, 0.2) is 0 Å². The molecule has 2 rings (SSSR count). The van der Waals surface area contributed by atoms with Gasteiger partial charge >= 0.3 is 0 Å². The molecular weight excluding hydrogens is 250 g/mol. The van der Waals surface area contributed by atoms with E-state index in [0.29, 0.717) is 6.61 Å². The van der Waals surface area contributed by atoms with Crippen LogP contribution < -0.4 is 4.90 Å². The molecule has 0 saturated carbocycles. The Bertz CT molecular complexity index is 533. The van der Waals surface area contributed by atoms with Crippen molar-refractivity contribution < 1.29 is 4.74 Å². The average Bonchev–Trinajstić information content (AvgIpc) is 2.38. The molecule has 0 unspecified atom stereocenters. The summed E-state index contributed by atoms with van der Waals surface area (Å²) in [5, 5.41) is 1.27. The van der Waals surface area contributed by atoms with Gasteiger partial charge < -0.3 is 9.64 Å². The molecule has 0 aliphatic rings. The van der Waals surface area contributed by atoms with Crippen LogP contribution in [0.3, 0.4) is 0 Å². The van der Waals surface area contributed by atoms with Gasteiger partial charge in [0.05, 0.1) is 12.1 Å². The fourth-order valence-corrected chi connectivity index (χ4v) is 1.95. The lowest BCUT2D eigenvalue weighted by Gasteiger charge is -2.19. The molecule has 1 aromatic heterocycles. The monoisotopic (exact) mass is 265 g/mol. The Hall–Kier alpha value is -1.39. The molecule has 4 nitrogen and oxygen atoms in total. The van der Waals surface area contributed by atoms with Crippen molar-refractivity contribution in [1.29, 1.82) is 0 Å². The van der Waals surface area contributed by atoms with Gasteiger partial charge in [0.25, 0.3) is 0 Å². The molecule has 0 spiro atoms. The molecule has 0 atom stereocenters. The maximum Gasteiger partial charge on any atom is 0.224 e. The first kappa shape index (κ1) is 13.1. The minimum atomic E-state index is 0.270. The normalized spacial score (nSPS) is 10.8. The summed E-state index contributed by atoms with van der Waals surface area (Å²) in [6.45, 7) is 4.14. The van der Waals surface area contributed by atoms with E-state index in [2.05, 4.69) is 9.97 Å². The minimum Gasteiger partial charge on any atom is -0.380 e. The summed E-state index contributed by atoms with van der Waals surface area (Å²) in [5.74, 6) is 0.838. The summed E-state index contributed by atoms with van der Waals surface area (Å²) in [7, 11) is 1.98. The van der Waals surface area contributed by atoms with Crippen molar-refractivity contribution in [2.24, 2.45) is 0 Å². The first-order valence-electron chi connectivity index (χ1n) is 5.93. The zero-order valence-corrected chi connectivity index (χ0v) is 11.3. The SMILES string of the molecule is CCOCCN(C)c1nc(Cl)nc2ccccc12. The molecule has 0 radical (unpaired) electrons. The number of aromatic nitrogens is 2. The Labute approximate surface area is 112 Å². The van der Waals surface area contributed by atoms with Crippen LogP contribution in [0.1, 0.15) is 6.92 Å². The van der Waals surface area contributed by atoms with E-state index < -0.39 is 0 Å². The molecule has 5 heteroatoms. The van der Waals surface area contributed by atoms with Crippen LogP contribution >= 0.6 is 11.6 Å². The molecule has 1 aromatic carbocycles. The maximum absolute atomic E-state index is 5.95. The van der Waals surface area contributed by atoms with Crippen molar-refractivity contribution in [3.63, 3.8) is 0 Å². The number of nitrogens with zero attached hydrogens (tertiary/aromatic N) is 3. The number of fused-ring (bicyclic) bond motifs is 1. The number of anilines is 1. The lowest BCUT2D eigenvalue weighted by atomic mass is 10.2. The number of para-hydroxylation sites is 1. The van der Waals surface area contributed by atoms with E-state index in [4.69, 9.17) is 16.3 Å². The highest BCUT2D eigenvalue weighted by atomic mass is 35.5. The lowest BCUT2D eigenvalue weighted by molar-refractivity contribution is 0.154. The number of hydrogen-bond donors (Lipinski definition) is 0. The molecule has 0 fully saturated rings. The summed E-state index contributed by atoms with van der Waals surface area (Å²) < 4.78 is 5.35. The van der Waals surface area contributed by atoms with Gasteiger partial charge in [-0.2, -0.15) is 4.98 Å². The van der Waals surface area contributed by atoms with Crippen molar-refractivity contribution in [2.75, 3.05) is 31.7 Å². The predicted octanol–water partition coefficient (Wildman–Crippen LogP) is 2.76. The fraction of sp³-hybridized carbons (Fsp3) is 0.385. The highest BCUT2D eigenvalue weighted by molar-refractivity contribution is 6.28. The van der Waals surface area contributed by atoms with E-state index in [1.165, 1.54) is 0 Å². The number of rotatable bonds is 5. The number of likely N-dealkylation sites (N-methyl/N-ethyl adjacent to an activating group) is 1. The number of halogens is 1. The van der Waals surface area contributed by atoms with E-state index in [1.54, 1.807) is 0 Å². The molecular formula is C13H16ClN3O. The maximum atomic E-state index is 5.95. The summed E-state index contributed by atoms with van der Waals surface area (Å²) in [6, 6.07) is 7.84. The van der Waals surface area contributed by atoms with Crippen LogP contribution in [0.25, 0.3) is 10.9 Å². The summed E-state index contributed by atoms with van der Waals surface area (Å²) >= 11 is 5.95. The average molecular weight is 266 g/mol. The predicted molar refractivity (Wildman–Crippen MR) is 74.3 cm³/mol. The molecule has 2 aromatic rings. The highest BCUT2D eigenvalue weighted by Crippen LogP contribution is 2.24. The molecule has 96 valence electrons. The molecule has 0 amide bonds. The Morgan fingerprint density at radius 2 is 2.06 bits per heavy atom. The van der Waals surface area contributed by atoms with Crippen LogP contribution in [-0.2, 0) is 4.74 Å². The second-order valence-corrected chi connectivity index (χ2v) is 4.29. The van der Waals surface area contributed by atoms with Gasteiger partial charge in [-0.25, -0.2) is 4.98 Å². The first-order chi connectivity index (χ1) is 8.72. The van der Waals surface area contributed by atoms with E-state index in [1.807, 2.05) is 43.1 Å². The van der Waals surface area contributed by atoms with E-state index in [-0.39, 0.29) is 5.28 Å². The van der Waals surface area contributed by atoms with Crippen LogP contribution in [0, 0.1) is 0 Å². The Morgan fingerprint density at radius 1 is 1.28 bits per heavy atom. The van der Waals surface area contributed by atoms with Gasteiger partial charge in [0.2, 0.25) is 5.28 Å². The van der Waals surface area contributed by atoms with Crippen molar-refractivity contribution in [3.05, 3.63) is 29.5 Å². The first-order valence-corrected chi connectivity index (χ1v) is 6.31. The zero-order chi connectivity index (χ0) is 13.0. The standard InChI is InChI=1S/C13H16ClN3O/c1-3-18-9-8-17(2)12-10-6-4-5-7-11(10)15-13(14)16-12/h4-7H,3,8-9H2,1-2H3. The topological polar surface area (TPSA) is 38.2 Å². The molecule has 1 heterocycles. The third-order valence-electron chi connectivity index (χ3n) is 2.69. The Balaban J connectivity index is 2.31. The van der Waals surface area contributed by atoms with Crippen LogP contribution in [0.4, 0.5) is 5.82 Å². The fourth-order valence-electron chi connectivity index (χ4n) is 1.77. The smallest absolute Gasteiger partial charge is 0.224 e. The molecule has 0 bridgehead atoms. The lowest BCUT2D eigenvalue weighted by Crippen LogP contribution is -2.24. The Morgan fingerprint density at radius 3 is 2.83 bits per heavy atom. The molecule has 0 aliphatic carbocycles. The van der Waals surface area contributed by atoms with E-state index >= 15 is 0 Å². The van der Waals surface area contributed by atoms with Gasteiger partial charge in [0, 0.05) is 25.6 Å². The summed E-state index contributed by atoms with van der Waals surface area (Å²) in [5.41, 5.74) is 0.857. The third-order valence-corrected chi connectivity index (χ3v) is 2.86. The van der Waals surface area contributed by atoms with Crippen molar-refractivity contribution in [3.8, 4) is 0 Å². The molecule has 0 saturated heterocycles. The molecule has 18 heavy (non-hydrogen) atoms. The highest BCUT2D eigenvalue weighted by Gasteiger charge is 2.10. The van der Waals surface area contributed by atoms with Gasteiger partial charge in [-0.15, -0.1) is 0 Å². The van der Waals surface area contributed by atoms with Crippen molar-refractivity contribution in [1.82, 2.24) is 9.97 Å². The largest absolute Gasteiger partial charge is 0.380 e. The second kappa shape index (κ2) is 5.98. The van der Waals surface area contributed by atoms with Crippen molar-refractivity contribution >= 4 is 28.3 Å². The Kier molecular flexibility index (Phi) is 4.33. The number of ether oxygens (including phenoxy) is 1. The van der Waals surface area contributed by atoms with Crippen LogP contribution in [0.15, 0.2) is 24.3 Å². The molecule has 0 N–H and O–H groups in total. The quantitative estimate of drug-likeness (QED) is 0.615. The zero-order valence-electron chi connectivity index (χ0n) is 10.6. The summed E-state index contributed by atoms with van der Waals surface area (Å²) in [4.78, 5) is 10.5. The van der Waals surface area contributed by atoms with Gasteiger partial charge in [-0.05, 0) is 30.7 Å². The minimum absolute atomic E-state index is 0.270. The molecule has 0 aliphatic heterocycles. The van der Waals surface area contributed by atoms with Crippen molar-refractivity contribution in [2.45, 2.75) is 6.92 Å². The number of hydrogen-bond acceptors (Lipinski definition) is 4. The van der Waals surface area contributed by atoms with Gasteiger partial charge in [-0.3, -0.25) is 0 Å². The third kappa shape index (κ3) is 2.89. The van der Waals surface area contributed by atoms with E-state index in [0.717, 1.165) is 29.9 Å². The van der Waals surface area contributed by atoms with Crippen LogP contribution in [-0.4, -0.2) is 36.8 Å².